The third-order valence-corrected chi connectivity index (χ3v) is 11.3. The smallest absolute Gasteiger partial charge is 0.335 e. The number of carbonyl (C=O) groups is 5. The zero-order chi connectivity index (χ0) is 44.9. The first-order valence-corrected chi connectivity index (χ1v) is 21.5. The fourth-order valence-electron chi connectivity index (χ4n) is 8.28. The van der Waals surface area contributed by atoms with Crippen LogP contribution in [0.5, 0.6) is 0 Å². The summed E-state index contributed by atoms with van der Waals surface area (Å²) < 4.78 is 0. The van der Waals surface area contributed by atoms with Gasteiger partial charge in [0.2, 0.25) is 5.91 Å². The Morgan fingerprint density at radius 3 is 1.83 bits per heavy atom. The Morgan fingerprint density at radius 1 is 0.615 bits per heavy atom. The van der Waals surface area contributed by atoms with E-state index in [2.05, 4.69) is 26.5 Å². The molecule has 3 N–H and O–H groups in total. The molecule has 0 radical (unpaired) electrons. The van der Waals surface area contributed by atoms with E-state index in [1.54, 1.807) is 18.2 Å². The number of nitrogens with one attached hydrogen (secondary N) is 2. The maximum absolute atomic E-state index is 14.0. The normalized spacial score (nSPS) is 18.7. The van der Waals surface area contributed by atoms with E-state index >= 15 is 0 Å². The topological polar surface area (TPSA) is 216 Å². The molecule has 0 aliphatic carbocycles. The average Bonchev–Trinajstić information content (AvgIpc) is 3.62. The number of aliphatic imine (C=N–C) groups is 1. The number of aromatic carboxylic acids is 1. The van der Waals surface area contributed by atoms with E-state index in [0.29, 0.717) is 67.5 Å². The van der Waals surface area contributed by atoms with Crippen molar-refractivity contribution in [2.75, 3.05) is 26.2 Å². The molecule has 14 bridgehead atoms. The molecule has 5 aliphatic rings. The van der Waals surface area contributed by atoms with E-state index in [9.17, 15) is 29.1 Å². The third-order valence-electron chi connectivity index (χ3n) is 11.3. The fourth-order valence-corrected chi connectivity index (χ4v) is 8.28. The van der Waals surface area contributed by atoms with Crippen LogP contribution in [0.2, 0.25) is 0 Å². The summed E-state index contributed by atoms with van der Waals surface area (Å²) in [5.41, 5.74) is 7.37. The van der Waals surface area contributed by atoms with E-state index in [4.69, 9.17) is 29.9 Å². The maximum atomic E-state index is 14.0. The first-order valence-electron chi connectivity index (χ1n) is 21.5. The lowest BCUT2D eigenvalue weighted by Gasteiger charge is -2.26. The number of rotatable bonds is 9. The second-order valence-corrected chi connectivity index (χ2v) is 16.3. The monoisotopic (exact) mass is 871 g/mol. The molecule has 17 nitrogen and oxygen atoms in total. The van der Waals surface area contributed by atoms with Gasteiger partial charge >= 0.3 is 5.97 Å². The van der Waals surface area contributed by atoms with Gasteiger partial charge in [0.05, 0.1) is 68.5 Å². The van der Waals surface area contributed by atoms with Gasteiger partial charge in [-0.15, -0.1) is 0 Å². The molecule has 17 heteroatoms. The molecular weight excluding hydrogens is 827 g/mol. The molecule has 10 rings (SSSR count). The zero-order valence-corrected chi connectivity index (χ0v) is 35.4. The van der Waals surface area contributed by atoms with Gasteiger partial charge < -0.3 is 15.7 Å². The molecule has 5 aromatic heterocycles. The number of aromatic nitrogens is 5. The summed E-state index contributed by atoms with van der Waals surface area (Å²) in [6, 6.07) is 23.8. The van der Waals surface area contributed by atoms with Gasteiger partial charge in [-0.3, -0.25) is 43.9 Å². The number of hydrogen-bond donors (Lipinski definition) is 3. The highest BCUT2D eigenvalue weighted by atomic mass is 16.4. The van der Waals surface area contributed by atoms with Crippen LogP contribution < -0.4 is 10.6 Å². The molecule has 5 aromatic rings. The largest absolute Gasteiger partial charge is 0.478 e. The van der Waals surface area contributed by atoms with Crippen molar-refractivity contribution in [3.63, 3.8) is 0 Å². The molecule has 4 amide bonds. The van der Waals surface area contributed by atoms with Crippen molar-refractivity contribution < 1.29 is 29.1 Å². The number of carboxylic acid groups (broad SMARTS) is 1. The van der Waals surface area contributed by atoms with Gasteiger partial charge in [0.25, 0.3) is 17.7 Å². The van der Waals surface area contributed by atoms with Crippen LogP contribution in [0, 0.1) is 0 Å². The van der Waals surface area contributed by atoms with Gasteiger partial charge in [-0.2, -0.15) is 0 Å². The first kappa shape index (κ1) is 42.7. The van der Waals surface area contributed by atoms with Gasteiger partial charge in [-0.1, -0.05) is 24.3 Å². The molecule has 10 heterocycles. The predicted molar refractivity (Wildman–Crippen MR) is 238 cm³/mol. The Balaban J connectivity index is 1.07. The number of hydrogen-bond acceptors (Lipinski definition) is 13. The zero-order valence-electron chi connectivity index (χ0n) is 35.4. The summed E-state index contributed by atoms with van der Waals surface area (Å²) in [4.78, 5) is 98.7. The lowest BCUT2D eigenvalue weighted by molar-refractivity contribution is -0.137. The Morgan fingerprint density at radius 2 is 1.17 bits per heavy atom. The van der Waals surface area contributed by atoms with Crippen molar-refractivity contribution >= 4 is 35.3 Å². The molecule has 3 unspecified atom stereocenters. The van der Waals surface area contributed by atoms with Crippen molar-refractivity contribution in [1.82, 2.24) is 50.3 Å². The molecule has 0 aromatic carbocycles. The lowest BCUT2D eigenvalue weighted by atomic mass is 10.0. The fraction of sp³-hybridized carbons (Fsp3) is 0.271. The molecule has 328 valence electrons. The Kier molecular flexibility index (Phi) is 12.5. The summed E-state index contributed by atoms with van der Waals surface area (Å²) in [6.07, 6.45) is 7.64. The number of amides is 4. The van der Waals surface area contributed by atoms with Gasteiger partial charge in [0.1, 0.15) is 0 Å². The van der Waals surface area contributed by atoms with Crippen LogP contribution in [-0.4, -0.2) is 106 Å². The number of carbonyl (C=O) groups excluding carboxylic acids is 4. The summed E-state index contributed by atoms with van der Waals surface area (Å²) in [5, 5.41) is 16.0. The molecule has 0 saturated heterocycles. The summed E-state index contributed by atoms with van der Waals surface area (Å²) in [7, 11) is 0. The van der Waals surface area contributed by atoms with Gasteiger partial charge in [-0.05, 0) is 79.6 Å². The highest BCUT2D eigenvalue weighted by Crippen LogP contribution is 2.28. The second-order valence-electron chi connectivity index (χ2n) is 16.3. The van der Waals surface area contributed by atoms with E-state index in [-0.39, 0.29) is 67.9 Å². The maximum Gasteiger partial charge on any atom is 0.335 e. The van der Waals surface area contributed by atoms with Crippen LogP contribution in [0.25, 0.3) is 22.8 Å². The quantitative estimate of drug-likeness (QED) is 0.140. The number of carboxylic acids is 1. The molecule has 65 heavy (non-hydrogen) atoms. The highest BCUT2D eigenvalue weighted by Gasteiger charge is 2.25. The Bertz CT molecular complexity index is 2790. The van der Waals surface area contributed by atoms with Crippen molar-refractivity contribution in [1.29, 1.82) is 0 Å². The summed E-state index contributed by atoms with van der Waals surface area (Å²) in [6.45, 7) is 2.42. The number of pyridine rings is 5. The van der Waals surface area contributed by atoms with Crippen LogP contribution in [0.3, 0.4) is 0 Å². The first-order chi connectivity index (χ1) is 31.6. The summed E-state index contributed by atoms with van der Waals surface area (Å²) >= 11 is 0. The SMILES string of the molecule is O=C(CCCN1C(=O)C=CC1=O)NCCNC(=O)c1cc2nc(c1)-c1cc(C(=O)O)cc(n1)CN1Cc3cccc(n3)-c3cccc(n3)CN(CC3=NC(CC=C3)c3cccc(n3)C1)C2. The standard InChI is InChI=1S/C48H45N11O6/c60-44(14-5-19-59-45(61)15-16-46(59)62)49-17-18-50-47(63)30-20-36-28-57-24-32-6-1-10-38(51-32)40-12-3-8-34(53-40)26-58(29-37-21-31(48(64)65)23-43(56-37)42(22-30)55-36)27-35-9-4-13-41(54-35)39-11-2-7-33(25-57)52-39/h1-4,6-10,12-13,15-16,20-23,39H,5,11,14,17-19,24-29H2,(H,49,60)(H,50,63)(H,64,65). The summed E-state index contributed by atoms with van der Waals surface area (Å²) in [5.74, 6) is -2.65. The molecule has 0 saturated carbocycles. The van der Waals surface area contributed by atoms with Crippen molar-refractivity contribution in [2.24, 2.45) is 4.99 Å². The van der Waals surface area contributed by atoms with Gasteiger partial charge in [-0.25, -0.2) is 24.7 Å². The second kappa shape index (κ2) is 19.0. The van der Waals surface area contributed by atoms with Crippen LogP contribution in [0.1, 0.15) is 80.2 Å². The van der Waals surface area contributed by atoms with Crippen molar-refractivity contribution in [3.05, 3.63) is 148 Å². The predicted octanol–water partition coefficient (Wildman–Crippen LogP) is 4.22. The van der Waals surface area contributed by atoms with Crippen molar-refractivity contribution in [2.45, 2.75) is 58.0 Å². The molecule has 5 aliphatic heterocycles. The minimum atomic E-state index is -1.14. The third kappa shape index (κ3) is 10.4. The Hall–Kier alpha value is -7.63. The van der Waals surface area contributed by atoms with Crippen LogP contribution >= 0.6 is 0 Å². The molecule has 3 atom stereocenters. The highest BCUT2D eigenvalue weighted by molar-refractivity contribution is 6.12. The lowest BCUT2D eigenvalue weighted by Crippen LogP contribution is -2.35. The van der Waals surface area contributed by atoms with Crippen molar-refractivity contribution in [3.8, 4) is 22.8 Å². The average molecular weight is 872 g/mol. The minimum Gasteiger partial charge on any atom is -0.478 e. The van der Waals surface area contributed by atoms with Crippen LogP contribution in [-0.2, 0) is 47.1 Å². The van der Waals surface area contributed by atoms with Crippen LogP contribution in [0.4, 0.5) is 0 Å². The van der Waals surface area contributed by atoms with Gasteiger partial charge in [0.15, 0.2) is 0 Å². The number of nitrogens with zero attached hydrogens (tertiary/aromatic N) is 9. The molecule has 0 fully saturated rings. The minimum absolute atomic E-state index is 0.0158. The van der Waals surface area contributed by atoms with E-state index in [1.165, 1.54) is 18.2 Å². The van der Waals surface area contributed by atoms with Crippen LogP contribution in [0.15, 0.2) is 108 Å². The van der Waals surface area contributed by atoms with E-state index in [1.807, 2.05) is 60.7 Å². The van der Waals surface area contributed by atoms with E-state index < -0.39 is 23.7 Å². The van der Waals surface area contributed by atoms with E-state index in [0.717, 1.165) is 33.4 Å². The van der Waals surface area contributed by atoms with Gasteiger partial charge in [0, 0.05) is 88.8 Å². The Labute approximate surface area is 374 Å². The molecular formula is C48H45N11O6. The molecule has 0 spiro atoms. The number of imide groups is 1. The number of dihydropyridines is 1.